The van der Waals surface area contributed by atoms with E-state index in [9.17, 15) is 0 Å². The summed E-state index contributed by atoms with van der Waals surface area (Å²) in [6, 6.07) is 0. The standard InChI is InChI=1S/C4H11OPS/c1-4(2,3)6(5)7/h5,7H,1-3H3. The highest BCUT2D eigenvalue weighted by Crippen LogP contribution is 2.48. The van der Waals surface area contributed by atoms with Gasteiger partial charge < -0.3 is 4.89 Å². The Bertz CT molecular complexity index is 57.2. The SMILES string of the molecule is CC(C)(C)P(O)S. The van der Waals surface area contributed by atoms with Gasteiger partial charge in [-0.15, -0.1) is 12.2 Å². The van der Waals surface area contributed by atoms with Gasteiger partial charge in [-0.3, -0.25) is 0 Å². The first kappa shape index (κ1) is 7.74. The van der Waals surface area contributed by atoms with Crippen molar-refractivity contribution in [1.29, 1.82) is 0 Å². The summed E-state index contributed by atoms with van der Waals surface area (Å²) in [5, 5.41) is -0.0154. The molecular weight excluding hydrogens is 127 g/mol. The first-order valence-electron chi connectivity index (χ1n) is 2.12. The molecule has 0 aromatic carbocycles. The van der Waals surface area contributed by atoms with Gasteiger partial charge in [-0.1, -0.05) is 20.8 Å². The van der Waals surface area contributed by atoms with Crippen molar-refractivity contribution in [2.75, 3.05) is 0 Å². The molecule has 0 aliphatic heterocycles. The Labute approximate surface area is 51.1 Å². The van der Waals surface area contributed by atoms with Crippen molar-refractivity contribution >= 4 is 19.6 Å². The molecule has 0 spiro atoms. The van der Waals surface area contributed by atoms with Crippen LogP contribution in [0.2, 0.25) is 0 Å². The molecule has 0 aliphatic rings. The van der Waals surface area contributed by atoms with E-state index in [4.69, 9.17) is 4.89 Å². The summed E-state index contributed by atoms with van der Waals surface area (Å²) in [5.74, 6) is 0. The number of hydrogen-bond acceptors (Lipinski definition) is 2. The van der Waals surface area contributed by atoms with Gasteiger partial charge in [0.05, 0.1) is 7.35 Å². The van der Waals surface area contributed by atoms with Crippen LogP contribution in [0.15, 0.2) is 0 Å². The summed E-state index contributed by atoms with van der Waals surface area (Å²) in [4.78, 5) is 8.82. The van der Waals surface area contributed by atoms with Gasteiger partial charge in [-0.05, 0) is 0 Å². The molecule has 1 atom stereocenters. The van der Waals surface area contributed by atoms with Crippen LogP contribution in [0.5, 0.6) is 0 Å². The van der Waals surface area contributed by atoms with Gasteiger partial charge in [0.25, 0.3) is 0 Å². The quantitative estimate of drug-likeness (QED) is 0.387. The molecule has 0 fully saturated rings. The molecule has 0 aromatic heterocycles. The molecule has 1 N–H and O–H groups in total. The highest BCUT2D eigenvalue weighted by atomic mass is 32.7. The van der Waals surface area contributed by atoms with Crippen molar-refractivity contribution in [3.63, 3.8) is 0 Å². The Hall–Kier alpha value is 0.740. The van der Waals surface area contributed by atoms with Crippen molar-refractivity contribution in [1.82, 2.24) is 0 Å². The third kappa shape index (κ3) is 3.33. The Kier molecular flexibility index (Phi) is 2.59. The van der Waals surface area contributed by atoms with Crippen LogP contribution in [-0.2, 0) is 0 Å². The maximum Gasteiger partial charge on any atom is 0.0871 e. The van der Waals surface area contributed by atoms with Crippen LogP contribution >= 0.6 is 19.6 Å². The molecule has 0 aromatic rings. The molecule has 0 saturated heterocycles. The summed E-state index contributed by atoms with van der Waals surface area (Å²) in [5.41, 5.74) is 0. The van der Waals surface area contributed by atoms with E-state index >= 15 is 0 Å². The van der Waals surface area contributed by atoms with Crippen molar-refractivity contribution in [3.8, 4) is 0 Å². The van der Waals surface area contributed by atoms with E-state index in [2.05, 4.69) is 12.2 Å². The zero-order valence-corrected chi connectivity index (χ0v) is 6.63. The van der Waals surface area contributed by atoms with Gasteiger partial charge in [-0.25, -0.2) is 0 Å². The predicted molar refractivity (Wildman–Crippen MR) is 37.9 cm³/mol. The summed E-state index contributed by atoms with van der Waals surface area (Å²) in [6.07, 6.45) is 0. The van der Waals surface area contributed by atoms with Crippen molar-refractivity contribution in [3.05, 3.63) is 0 Å². The van der Waals surface area contributed by atoms with Crippen molar-refractivity contribution in [2.24, 2.45) is 0 Å². The molecule has 0 amide bonds. The molecule has 7 heavy (non-hydrogen) atoms. The van der Waals surface area contributed by atoms with Crippen molar-refractivity contribution < 1.29 is 4.89 Å². The van der Waals surface area contributed by atoms with Crippen LogP contribution in [0.25, 0.3) is 0 Å². The summed E-state index contributed by atoms with van der Waals surface area (Å²) in [6.45, 7) is 5.89. The van der Waals surface area contributed by atoms with Crippen LogP contribution in [0.1, 0.15) is 20.8 Å². The van der Waals surface area contributed by atoms with E-state index in [-0.39, 0.29) is 5.16 Å². The van der Waals surface area contributed by atoms with Gasteiger partial charge in [0.15, 0.2) is 0 Å². The monoisotopic (exact) mass is 138 g/mol. The van der Waals surface area contributed by atoms with E-state index in [1.165, 1.54) is 0 Å². The molecule has 3 heteroatoms. The van der Waals surface area contributed by atoms with E-state index in [0.717, 1.165) is 0 Å². The minimum Gasteiger partial charge on any atom is -0.363 e. The number of hydrogen-bond donors (Lipinski definition) is 2. The largest absolute Gasteiger partial charge is 0.363 e. The minimum absolute atomic E-state index is 0.0154. The Morgan fingerprint density at radius 3 is 1.57 bits per heavy atom. The lowest BCUT2D eigenvalue weighted by Gasteiger charge is -2.19. The average molecular weight is 138 g/mol. The molecule has 44 valence electrons. The summed E-state index contributed by atoms with van der Waals surface area (Å²) < 4.78 is 0. The number of rotatable bonds is 0. The third-order valence-corrected chi connectivity index (χ3v) is 3.60. The fourth-order valence-electron chi connectivity index (χ4n) is 0. The van der Waals surface area contributed by atoms with E-state index in [1.54, 1.807) is 0 Å². The smallest absolute Gasteiger partial charge is 0.0871 e. The third-order valence-electron chi connectivity index (χ3n) is 0.600. The second-order valence-electron chi connectivity index (χ2n) is 2.46. The van der Waals surface area contributed by atoms with Crippen LogP contribution in [0.3, 0.4) is 0 Å². The van der Waals surface area contributed by atoms with Gasteiger partial charge in [-0.2, -0.15) is 0 Å². The van der Waals surface area contributed by atoms with Crippen LogP contribution in [0, 0.1) is 0 Å². The Morgan fingerprint density at radius 2 is 1.57 bits per heavy atom. The van der Waals surface area contributed by atoms with Crippen LogP contribution in [-0.4, -0.2) is 10.0 Å². The van der Waals surface area contributed by atoms with Crippen LogP contribution in [0.4, 0.5) is 0 Å². The van der Waals surface area contributed by atoms with Gasteiger partial charge in [0.1, 0.15) is 0 Å². The lowest BCUT2D eigenvalue weighted by atomic mass is 10.3. The van der Waals surface area contributed by atoms with Crippen LogP contribution < -0.4 is 0 Å². The van der Waals surface area contributed by atoms with Gasteiger partial charge in [0, 0.05) is 5.16 Å². The summed E-state index contributed by atoms with van der Waals surface area (Å²) >= 11 is 3.90. The first-order chi connectivity index (χ1) is 2.94. The molecule has 0 heterocycles. The fraction of sp³-hybridized carbons (Fsp3) is 1.00. The van der Waals surface area contributed by atoms with E-state index in [1.807, 2.05) is 20.8 Å². The molecule has 0 bridgehead atoms. The number of thiol groups is 1. The maximum absolute atomic E-state index is 8.82. The first-order valence-corrected chi connectivity index (χ1v) is 4.57. The highest BCUT2D eigenvalue weighted by molar-refractivity contribution is 8.43. The second-order valence-corrected chi connectivity index (χ2v) is 5.52. The maximum atomic E-state index is 8.82. The predicted octanol–water partition coefficient (Wildman–Crippen LogP) is 2.02. The zero-order valence-electron chi connectivity index (χ0n) is 4.84. The molecule has 1 unspecified atom stereocenters. The molecule has 0 rings (SSSR count). The minimum atomic E-state index is -1.05. The normalized spacial score (nSPS) is 16.7. The molecule has 1 nitrogen and oxygen atoms in total. The molecule has 0 radical (unpaired) electrons. The van der Waals surface area contributed by atoms with Crippen molar-refractivity contribution in [2.45, 2.75) is 25.9 Å². The van der Waals surface area contributed by atoms with Gasteiger partial charge in [0.2, 0.25) is 0 Å². The second kappa shape index (κ2) is 2.34. The molecule has 0 aliphatic carbocycles. The zero-order chi connectivity index (χ0) is 6.08. The van der Waals surface area contributed by atoms with Gasteiger partial charge >= 0.3 is 0 Å². The highest BCUT2D eigenvalue weighted by Gasteiger charge is 2.17. The summed E-state index contributed by atoms with van der Waals surface area (Å²) in [7, 11) is -1.05. The molecule has 0 saturated carbocycles. The Balaban J connectivity index is 3.54. The molecular formula is C4H11OPS. The fourth-order valence-corrected chi connectivity index (χ4v) is 0. The topological polar surface area (TPSA) is 20.2 Å². The van der Waals surface area contributed by atoms with E-state index in [0.29, 0.717) is 0 Å². The lowest BCUT2D eigenvalue weighted by Crippen LogP contribution is -2.06. The average Bonchev–Trinajstić information content (AvgIpc) is 1.31. The Morgan fingerprint density at radius 1 is 1.43 bits per heavy atom. The van der Waals surface area contributed by atoms with E-state index < -0.39 is 7.35 Å². The lowest BCUT2D eigenvalue weighted by molar-refractivity contribution is 0.597.